The Labute approximate surface area is 98.3 Å². The topological polar surface area (TPSA) is 69.2 Å². The summed E-state index contributed by atoms with van der Waals surface area (Å²) in [7, 11) is 0. The van der Waals surface area contributed by atoms with Gasteiger partial charge in [-0.05, 0) is 12.1 Å². The number of nitrogens with zero attached hydrogens (tertiary/aromatic N) is 2. The van der Waals surface area contributed by atoms with Crippen molar-refractivity contribution in [2.24, 2.45) is 0 Å². The number of oxazole rings is 1. The lowest BCUT2D eigenvalue weighted by Crippen LogP contribution is -1.86. The maximum Gasteiger partial charge on any atom is 0.269 e. The average molecular weight is 232 g/mol. The molecule has 0 N–H and O–H groups in total. The Bertz CT molecular complexity index is 529. The van der Waals surface area contributed by atoms with E-state index >= 15 is 0 Å². The van der Waals surface area contributed by atoms with E-state index in [2.05, 4.69) is 4.98 Å². The van der Waals surface area contributed by atoms with Gasteiger partial charge in [0.25, 0.3) is 5.69 Å². The highest BCUT2D eigenvalue weighted by Crippen LogP contribution is 2.25. The summed E-state index contributed by atoms with van der Waals surface area (Å²) in [6.45, 7) is 3.98. The number of non-ortho nitro benzene ring substituents is 1. The van der Waals surface area contributed by atoms with Crippen LogP contribution in [0.5, 0.6) is 0 Å². The summed E-state index contributed by atoms with van der Waals surface area (Å²) < 4.78 is 5.55. The normalized spacial score (nSPS) is 10.8. The van der Waals surface area contributed by atoms with Crippen molar-refractivity contribution in [1.29, 1.82) is 0 Å². The van der Waals surface area contributed by atoms with Gasteiger partial charge in [-0.2, -0.15) is 0 Å². The first-order valence-electron chi connectivity index (χ1n) is 5.28. The van der Waals surface area contributed by atoms with Crippen molar-refractivity contribution in [2.75, 3.05) is 0 Å². The van der Waals surface area contributed by atoms with Gasteiger partial charge in [-0.3, -0.25) is 10.1 Å². The lowest BCUT2D eigenvalue weighted by molar-refractivity contribution is -0.384. The summed E-state index contributed by atoms with van der Waals surface area (Å²) in [5.74, 6) is 1.52. The Morgan fingerprint density at radius 2 is 1.94 bits per heavy atom. The van der Waals surface area contributed by atoms with E-state index in [1.165, 1.54) is 12.1 Å². The summed E-state index contributed by atoms with van der Waals surface area (Å²) in [6.07, 6.45) is 1.64. The van der Waals surface area contributed by atoms with E-state index in [-0.39, 0.29) is 11.6 Å². The van der Waals surface area contributed by atoms with Crippen LogP contribution in [-0.4, -0.2) is 9.91 Å². The van der Waals surface area contributed by atoms with Crippen molar-refractivity contribution in [2.45, 2.75) is 19.8 Å². The third kappa shape index (κ3) is 2.33. The van der Waals surface area contributed by atoms with Crippen LogP contribution >= 0.6 is 0 Å². The predicted molar refractivity (Wildman–Crippen MR) is 62.7 cm³/mol. The molecule has 0 radical (unpaired) electrons. The Hall–Kier alpha value is -2.17. The van der Waals surface area contributed by atoms with Gasteiger partial charge in [0.1, 0.15) is 0 Å². The Kier molecular flexibility index (Phi) is 2.91. The molecule has 5 heteroatoms. The maximum absolute atomic E-state index is 10.5. The first-order valence-corrected chi connectivity index (χ1v) is 5.28. The molecule has 1 aromatic carbocycles. The Balaban J connectivity index is 2.30. The first-order chi connectivity index (χ1) is 8.08. The van der Waals surface area contributed by atoms with E-state index in [9.17, 15) is 10.1 Å². The van der Waals surface area contributed by atoms with Gasteiger partial charge in [0.2, 0.25) is 0 Å². The monoisotopic (exact) mass is 232 g/mol. The van der Waals surface area contributed by atoms with Gasteiger partial charge in [-0.1, -0.05) is 13.8 Å². The van der Waals surface area contributed by atoms with Crippen LogP contribution in [0.4, 0.5) is 5.69 Å². The third-order valence-corrected chi connectivity index (χ3v) is 2.38. The highest BCUT2D eigenvalue weighted by Gasteiger charge is 2.10. The zero-order chi connectivity index (χ0) is 12.4. The summed E-state index contributed by atoms with van der Waals surface area (Å²) >= 11 is 0. The van der Waals surface area contributed by atoms with E-state index in [1.807, 2.05) is 13.8 Å². The summed E-state index contributed by atoms with van der Waals surface area (Å²) in [5.41, 5.74) is 0.854. The number of benzene rings is 1. The Morgan fingerprint density at radius 1 is 1.29 bits per heavy atom. The molecule has 88 valence electrons. The minimum Gasteiger partial charge on any atom is -0.440 e. The molecular formula is C12H12N2O3. The second kappa shape index (κ2) is 4.37. The first kappa shape index (κ1) is 11.3. The van der Waals surface area contributed by atoms with Gasteiger partial charge in [0, 0.05) is 23.6 Å². The maximum atomic E-state index is 10.5. The summed E-state index contributed by atoms with van der Waals surface area (Å²) in [4.78, 5) is 14.2. The highest BCUT2D eigenvalue weighted by atomic mass is 16.6. The molecule has 0 aliphatic heterocycles. The minimum atomic E-state index is -0.427. The molecule has 2 aromatic rings. The molecule has 0 amide bonds. The summed E-state index contributed by atoms with van der Waals surface area (Å²) in [6, 6.07) is 6.21. The Morgan fingerprint density at radius 3 is 2.41 bits per heavy atom. The molecule has 0 bridgehead atoms. The van der Waals surface area contributed by atoms with Crippen LogP contribution < -0.4 is 0 Å². The molecule has 0 saturated heterocycles. The van der Waals surface area contributed by atoms with Crippen molar-refractivity contribution in [3.8, 4) is 11.3 Å². The second-order valence-electron chi connectivity index (χ2n) is 4.02. The quantitative estimate of drug-likeness (QED) is 0.600. The van der Waals surface area contributed by atoms with Gasteiger partial charge in [-0.15, -0.1) is 0 Å². The number of aromatic nitrogens is 1. The molecule has 0 atom stereocenters. The molecule has 0 saturated carbocycles. The molecule has 0 aliphatic rings. The standard InChI is InChI=1S/C12H12N2O3/c1-8(2)12-13-7-11(17-12)9-3-5-10(6-4-9)14(15)16/h3-8H,1-2H3. The molecular weight excluding hydrogens is 220 g/mol. The van der Waals surface area contributed by atoms with Crippen molar-refractivity contribution in [3.05, 3.63) is 46.5 Å². The molecule has 0 unspecified atom stereocenters. The van der Waals surface area contributed by atoms with Gasteiger partial charge >= 0.3 is 0 Å². The largest absolute Gasteiger partial charge is 0.440 e. The predicted octanol–water partition coefficient (Wildman–Crippen LogP) is 3.37. The van der Waals surface area contributed by atoms with Crippen LogP contribution in [0.15, 0.2) is 34.9 Å². The van der Waals surface area contributed by atoms with Crippen LogP contribution in [0.3, 0.4) is 0 Å². The lowest BCUT2D eigenvalue weighted by atomic mass is 10.2. The zero-order valence-corrected chi connectivity index (χ0v) is 9.58. The van der Waals surface area contributed by atoms with Crippen molar-refractivity contribution in [3.63, 3.8) is 0 Å². The number of nitro benzene ring substituents is 1. The van der Waals surface area contributed by atoms with Crippen molar-refractivity contribution < 1.29 is 9.34 Å². The van der Waals surface area contributed by atoms with Gasteiger partial charge < -0.3 is 4.42 Å². The minimum absolute atomic E-state index is 0.0670. The van der Waals surface area contributed by atoms with Gasteiger partial charge in [0.15, 0.2) is 11.7 Å². The molecule has 0 fully saturated rings. The third-order valence-electron chi connectivity index (χ3n) is 2.38. The number of hydrogen-bond acceptors (Lipinski definition) is 4. The van der Waals surface area contributed by atoms with Crippen LogP contribution in [0.1, 0.15) is 25.7 Å². The molecule has 0 aliphatic carbocycles. The molecule has 1 aromatic heterocycles. The van der Waals surface area contributed by atoms with E-state index < -0.39 is 4.92 Å². The molecule has 0 spiro atoms. The van der Waals surface area contributed by atoms with Gasteiger partial charge in [0.05, 0.1) is 11.1 Å². The zero-order valence-electron chi connectivity index (χ0n) is 9.58. The fourth-order valence-electron chi connectivity index (χ4n) is 1.44. The second-order valence-corrected chi connectivity index (χ2v) is 4.02. The van der Waals surface area contributed by atoms with Gasteiger partial charge in [-0.25, -0.2) is 4.98 Å². The van der Waals surface area contributed by atoms with E-state index in [4.69, 9.17) is 4.42 Å². The van der Waals surface area contributed by atoms with E-state index in [0.717, 1.165) is 5.56 Å². The van der Waals surface area contributed by atoms with E-state index in [0.29, 0.717) is 11.7 Å². The smallest absolute Gasteiger partial charge is 0.269 e. The van der Waals surface area contributed by atoms with Crippen LogP contribution in [0, 0.1) is 10.1 Å². The summed E-state index contributed by atoms with van der Waals surface area (Å²) in [5, 5.41) is 10.5. The molecule has 17 heavy (non-hydrogen) atoms. The lowest BCUT2D eigenvalue weighted by Gasteiger charge is -1.98. The number of rotatable bonds is 3. The SMILES string of the molecule is CC(C)c1ncc(-c2ccc([N+](=O)[O-])cc2)o1. The molecule has 1 heterocycles. The number of hydrogen-bond donors (Lipinski definition) is 0. The number of nitro groups is 1. The molecule has 2 rings (SSSR count). The van der Waals surface area contributed by atoms with E-state index in [1.54, 1.807) is 18.3 Å². The fraction of sp³-hybridized carbons (Fsp3) is 0.250. The fourth-order valence-corrected chi connectivity index (χ4v) is 1.44. The molecule has 5 nitrogen and oxygen atoms in total. The van der Waals surface area contributed by atoms with Crippen molar-refractivity contribution in [1.82, 2.24) is 4.98 Å². The van der Waals surface area contributed by atoms with Crippen LogP contribution in [-0.2, 0) is 0 Å². The van der Waals surface area contributed by atoms with Crippen molar-refractivity contribution >= 4 is 5.69 Å². The average Bonchev–Trinajstić information content (AvgIpc) is 2.78. The van der Waals surface area contributed by atoms with Crippen LogP contribution in [0.25, 0.3) is 11.3 Å². The van der Waals surface area contributed by atoms with Crippen LogP contribution in [0.2, 0.25) is 0 Å². The highest BCUT2D eigenvalue weighted by molar-refractivity contribution is 5.58.